The number of carbonyl (C=O) groups is 2. The summed E-state index contributed by atoms with van der Waals surface area (Å²) in [6.07, 6.45) is 0.674. The molecule has 0 aliphatic carbocycles. The third-order valence-corrected chi connectivity index (χ3v) is 4.91. The summed E-state index contributed by atoms with van der Waals surface area (Å²) in [4.78, 5) is 26.7. The third-order valence-electron chi connectivity index (χ3n) is 4.48. The van der Waals surface area contributed by atoms with Crippen molar-refractivity contribution in [2.75, 3.05) is 19.6 Å². The number of amides is 2. The quantitative estimate of drug-likeness (QED) is 0.626. The van der Waals surface area contributed by atoms with Gasteiger partial charge in [0.25, 0.3) is 0 Å². The monoisotopic (exact) mass is 444 g/mol. The van der Waals surface area contributed by atoms with Crippen LogP contribution in [0.25, 0.3) is 0 Å². The molecule has 1 aromatic carbocycles. The molecule has 2 amide bonds. The fraction of sp³-hybridized carbons (Fsp3) is 0.600. The van der Waals surface area contributed by atoms with E-state index in [2.05, 4.69) is 10.6 Å². The fourth-order valence-electron chi connectivity index (χ4n) is 3.19. The van der Waals surface area contributed by atoms with Crippen LogP contribution >= 0.6 is 23.2 Å². The van der Waals surface area contributed by atoms with Crippen LogP contribution in [-0.4, -0.2) is 54.2 Å². The molecule has 162 valence electrons. The van der Waals surface area contributed by atoms with Gasteiger partial charge in [0.1, 0.15) is 5.60 Å². The number of ether oxygens (including phenoxy) is 1. The van der Waals surface area contributed by atoms with Crippen LogP contribution < -0.4 is 16.4 Å². The van der Waals surface area contributed by atoms with Gasteiger partial charge in [-0.3, -0.25) is 4.79 Å². The van der Waals surface area contributed by atoms with Crippen molar-refractivity contribution in [3.05, 3.63) is 33.8 Å². The second kappa shape index (κ2) is 10.5. The zero-order valence-electron chi connectivity index (χ0n) is 17.1. The van der Waals surface area contributed by atoms with E-state index < -0.39 is 17.7 Å². The predicted octanol–water partition coefficient (Wildman–Crippen LogP) is 2.93. The van der Waals surface area contributed by atoms with E-state index in [1.54, 1.807) is 43.9 Å². The van der Waals surface area contributed by atoms with Crippen molar-refractivity contribution in [3.63, 3.8) is 0 Å². The lowest BCUT2D eigenvalue weighted by atomic mass is 10.1. The van der Waals surface area contributed by atoms with Gasteiger partial charge in [-0.15, -0.1) is 0 Å². The normalized spacial score (nSPS) is 20.3. The first kappa shape index (κ1) is 23.7. The topological polar surface area (TPSA) is 96.7 Å². The smallest absolute Gasteiger partial charge is 0.407 e. The van der Waals surface area contributed by atoms with E-state index in [0.717, 1.165) is 12.0 Å². The Labute approximate surface area is 182 Å². The standard InChI is InChI=1S/C20H30Cl2N4O3/c1-20(2,3)29-19(28)24-6-4-17-18(27)26(7-5-16(11-23)25-17)12-13-8-14(21)10-15(22)9-13/h8-10,16-17,25H,4-7,11-12,23H2,1-3H3,(H,24,28). The fourth-order valence-corrected chi connectivity index (χ4v) is 3.76. The molecule has 1 aromatic rings. The van der Waals surface area contributed by atoms with Crippen LogP contribution in [0.1, 0.15) is 39.2 Å². The highest BCUT2D eigenvalue weighted by Crippen LogP contribution is 2.21. The number of nitrogens with two attached hydrogens (primary N) is 1. The summed E-state index contributed by atoms with van der Waals surface area (Å²) < 4.78 is 5.23. The van der Waals surface area contributed by atoms with Crippen LogP contribution in [-0.2, 0) is 16.1 Å². The summed E-state index contributed by atoms with van der Waals surface area (Å²) in [6.45, 7) is 7.13. The number of nitrogens with zero attached hydrogens (tertiary/aromatic N) is 1. The van der Waals surface area contributed by atoms with Gasteiger partial charge < -0.3 is 26.0 Å². The summed E-state index contributed by atoms with van der Waals surface area (Å²) in [5, 5.41) is 7.08. The molecule has 1 aliphatic heterocycles. The molecule has 29 heavy (non-hydrogen) atoms. The van der Waals surface area contributed by atoms with Crippen molar-refractivity contribution in [3.8, 4) is 0 Å². The largest absolute Gasteiger partial charge is 0.444 e. The summed E-state index contributed by atoms with van der Waals surface area (Å²) >= 11 is 12.2. The number of nitrogens with one attached hydrogen (secondary N) is 2. The second-order valence-corrected chi connectivity index (χ2v) is 9.07. The Balaban J connectivity index is 2.01. The molecule has 4 N–H and O–H groups in total. The number of halogens is 2. The molecular weight excluding hydrogens is 415 g/mol. The first-order chi connectivity index (χ1) is 13.6. The highest BCUT2D eigenvalue weighted by Gasteiger charge is 2.30. The van der Waals surface area contributed by atoms with E-state index in [-0.39, 0.29) is 11.9 Å². The average molecular weight is 445 g/mol. The summed E-state index contributed by atoms with van der Waals surface area (Å²) in [5.74, 6) is -0.0389. The number of rotatable bonds is 6. The second-order valence-electron chi connectivity index (χ2n) is 8.20. The minimum absolute atomic E-state index is 0.0263. The molecule has 9 heteroatoms. The van der Waals surface area contributed by atoms with Gasteiger partial charge in [-0.1, -0.05) is 23.2 Å². The lowest BCUT2D eigenvalue weighted by molar-refractivity contribution is -0.133. The average Bonchev–Trinajstić information content (AvgIpc) is 2.73. The molecule has 1 saturated heterocycles. The molecule has 2 unspecified atom stereocenters. The number of carbonyl (C=O) groups excluding carboxylic acids is 2. The Morgan fingerprint density at radius 3 is 2.55 bits per heavy atom. The van der Waals surface area contributed by atoms with Crippen LogP contribution in [0.15, 0.2) is 18.2 Å². The van der Waals surface area contributed by atoms with Gasteiger partial charge in [-0.05, 0) is 57.4 Å². The number of hydrogen-bond donors (Lipinski definition) is 3. The molecular formula is C20H30Cl2N4O3. The molecule has 0 aromatic heterocycles. The molecule has 1 aliphatic rings. The zero-order chi connectivity index (χ0) is 21.6. The zero-order valence-corrected chi connectivity index (χ0v) is 18.6. The minimum atomic E-state index is -0.569. The van der Waals surface area contributed by atoms with E-state index in [4.69, 9.17) is 33.7 Å². The number of alkyl carbamates (subject to hydrolysis) is 1. The van der Waals surface area contributed by atoms with Crippen molar-refractivity contribution in [1.29, 1.82) is 0 Å². The number of hydrogen-bond acceptors (Lipinski definition) is 5. The number of benzene rings is 1. The van der Waals surface area contributed by atoms with Crippen molar-refractivity contribution in [1.82, 2.24) is 15.5 Å². The Bertz CT molecular complexity index is 704. The van der Waals surface area contributed by atoms with E-state index in [1.165, 1.54) is 0 Å². The van der Waals surface area contributed by atoms with E-state index in [1.807, 2.05) is 0 Å². The minimum Gasteiger partial charge on any atom is -0.444 e. The lowest BCUT2D eigenvalue weighted by Gasteiger charge is -2.25. The van der Waals surface area contributed by atoms with Crippen molar-refractivity contribution < 1.29 is 14.3 Å². The summed E-state index contributed by atoms with van der Waals surface area (Å²) in [6, 6.07) is 4.85. The van der Waals surface area contributed by atoms with Gasteiger partial charge in [-0.2, -0.15) is 0 Å². The maximum atomic E-state index is 13.1. The van der Waals surface area contributed by atoms with Crippen LogP contribution in [0.5, 0.6) is 0 Å². The third kappa shape index (κ3) is 8.01. The molecule has 1 fully saturated rings. The highest BCUT2D eigenvalue weighted by atomic mass is 35.5. The molecule has 7 nitrogen and oxygen atoms in total. The van der Waals surface area contributed by atoms with E-state index in [0.29, 0.717) is 42.6 Å². The van der Waals surface area contributed by atoms with Crippen LogP contribution in [0.4, 0.5) is 4.79 Å². The first-order valence-electron chi connectivity index (χ1n) is 9.74. The van der Waals surface area contributed by atoms with Gasteiger partial charge in [0.05, 0.1) is 6.04 Å². The maximum Gasteiger partial charge on any atom is 0.407 e. The Kier molecular flexibility index (Phi) is 8.58. The van der Waals surface area contributed by atoms with Crippen LogP contribution in [0.2, 0.25) is 10.0 Å². The Hall–Kier alpha value is -1.54. The summed E-state index contributed by atoms with van der Waals surface area (Å²) in [5.41, 5.74) is 6.15. The first-order valence-corrected chi connectivity index (χ1v) is 10.5. The SMILES string of the molecule is CC(C)(C)OC(=O)NCCC1NC(CN)CCN(Cc2cc(Cl)cc(Cl)c2)C1=O. The van der Waals surface area contributed by atoms with Crippen LogP contribution in [0, 0.1) is 0 Å². The van der Waals surface area contributed by atoms with E-state index in [9.17, 15) is 9.59 Å². The lowest BCUT2D eigenvalue weighted by Crippen LogP contribution is -2.48. The van der Waals surface area contributed by atoms with Crippen LogP contribution in [0.3, 0.4) is 0 Å². The molecule has 2 atom stereocenters. The van der Waals surface area contributed by atoms with Gasteiger partial charge in [0.2, 0.25) is 5.91 Å². The molecule has 1 heterocycles. The highest BCUT2D eigenvalue weighted by molar-refractivity contribution is 6.34. The van der Waals surface area contributed by atoms with Crippen molar-refractivity contribution in [2.24, 2.45) is 5.73 Å². The molecule has 0 saturated carbocycles. The van der Waals surface area contributed by atoms with Gasteiger partial charge in [-0.25, -0.2) is 4.79 Å². The molecule has 2 rings (SSSR count). The van der Waals surface area contributed by atoms with Gasteiger partial charge in [0.15, 0.2) is 0 Å². The molecule has 0 radical (unpaired) electrons. The van der Waals surface area contributed by atoms with Crippen molar-refractivity contribution >= 4 is 35.2 Å². The molecule has 0 spiro atoms. The van der Waals surface area contributed by atoms with Crippen molar-refractivity contribution in [2.45, 2.75) is 57.8 Å². The maximum absolute atomic E-state index is 13.1. The van der Waals surface area contributed by atoms with Gasteiger partial charge >= 0.3 is 6.09 Å². The predicted molar refractivity (Wildman–Crippen MR) is 115 cm³/mol. The summed E-state index contributed by atoms with van der Waals surface area (Å²) in [7, 11) is 0. The van der Waals surface area contributed by atoms with Gasteiger partial charge in [0, 0.05) is 42.3 Å². The molecule has 0 bridgehead atoms. The Morgan fingerprint density at radius 2 is 1.97 bits per heavy atom. The Morgan fingerprint density at radius 1 is 1.31 bits per heavy atom. The van der Waals surface area contributed by atoms with E-state index >= 15 is 0 Å².